The molecule has 94 valence electrons. The highest BCUT2D eigenvalue weighted by atomic mass is 35.5. The second kappa shape index (κ2) is 5.22. The molecule has 0 amide bonds. The monoisotopic (exact) mass is 288 g/mol. The smallest absolute Gasteiger partial charge is 0.142 e. The third-order valence-corrected chi connectivity index (χ3v) is 3.02. The Balaban J connectivity index is 2.46. The molecule has 1 N–H and O–H groups in total. The Bertz CT molecular complexity index is 587. The first kappa shape index (κ1) is 13.3. The van der Waals surface area contributed by atoms with Crippen LogP contribution in [-0.4, -0.2) is 5.11 Å². The van der Waals surface area contributed by atoms with Crippen molar-refractivity contribution in [1.82, 2.24) is 0 Å². The van der Waals surface area contributed by atoms with Crippen LogP contribution in [0.15, 0.2) is 36.4 Å². The molecule has 0 saturated carbocycles. The van der Waals surface area contributed by atoms with Gasteiger partial charge in [-0.2, -0.15) is 0 Å². The van der Waals surface area contributed by atoms with Crippen LogP contribution in [0.2, 0.25) is 10.0 Å². The molecule has 2 aromatic rings. The molecule has 5 heteroatoms. The first-order chi connectivity index (χ1) is 8.49. The molecule has 0 aliphatic carbocycles. The van der Waals surface area contributed by atoms with Crippen molar-refractivity contribution in [3.63, 3.8) is 0 Å². The Kier molecular flexibility index (Phi) is 3.85. The molecule has 0 aliphatic heterocycles. The number of aliphatic hydroxyl groups excluding tert-OH is 1. The van der Waals surface area contributed by atoms with Crippen LogP contribution in [0.3, 0.4) is 0 Å². The van der Waals surface area contributed by atoms with Crippen molar-refractivity contribution in [1.29, 1.82) is 0 Å². The number of halogens is 4. The maximum absolute atomic E-state index is 13.6. The lowest BCUT2D eigenvalue weighted by Crippen LogP contribution is -2.03. The zero-order chi connectivity index (χ0) is 13.3. The Morgan fingerprint density at radius 1 is 1.00 bits per heavy atom. The van der Waals surface area contributed by atoms with E-state index >= 15 is 0 Å². The van der Waals surface area contributed by atoms with E-state index in [0.29, 0.717) is 10.6 Å². The van der Waals surface area contributed by atoms with Gasteiger partial charge in [0.25, 0.3) is 0 Å². The number of benzene rings is 2. The van der Waals surface area contributed by atoms with Crippen LogP contribution in [0.4, 0.5) is 8.78 Å². The van der Waals surface area contributed by atoms with Crippen LogP contribution in [0.25, 0.3) is 0 Å². The predicted molar refractivity (Wildman–Crippen MR) is 66.9 cm³/mol. The van der Waals surface area contributed by atoms with Gasteiger partial charge in [-0.1, -0.05) is 35.3 Å². The lowest BCUT2D eigenvalue weighted by Gasteiger charge is -2.13. The molecule has 1 nitrogen and oxygen atoms in total. The summed E-state index contributed by atoms with van der Waals surface area (Å²) in [6, 6.07) is 8.01. The van der Waals surface area contributed by atoms with E-state index in [1.807, 2.05) is 0 Å². The maximum Gasteiger partial charge on any atom is 0.142 e. The van der Waals surface area contributed by atoms with Crippen molar-refractivity contribution in [3.8, 4) is 0 Å². The molecule has 2 aromatic carbocycles. The summed E-state index contributed by atoms with van der Waals surface area (Å²) in [7, 11) is 0. The molecule has 0 aliphatic rings. The minimum atomic E-state index is -1.30. The third kappa shape index (κ3) is 2.64. The topological polar surface area (TPSA) is 20.2 Å². The van der Waals surface area contributed by atoms with Gasteiger partial charge >= 0.3 is 0 Å². The molecule has 0 spiro atoms. The molecule has 0 aromatic heterocycles. The molecule has 2 rings (SSSR count). The Morgan fingerprint density at radius 3 is 2.39 bits per heavy atom. The van der Waals surface area contributed by atoms with E-state index in [2.05, 4.69) is 0 Å². The minimum Gasteiger partial charge on any atom is -0.384 e. The highest BCUT2D eigenvalue weighted by Gasteiger charge is 2.18. The Labute approximate surface area is 113 Å². The zero-order valence-electron chi connectivity index (χ0n) is 9.00. The molecule has 1 unspecified atom stereocenters. The van der Waals surface area contributed by atoms with Gasteiger partial charge in [-0.15, -0.1) is 0 Å². The van der Waals surface area contributed by atoms with Crippen molar-refractivity contribution in [2.75, 3.05) is 0 Å². The fraction of sp³-hybridized carbons (Fsp3) is 0.0769. The van der Waals surface area contributed by atoms with Crippen molar-refractivity contribution in [2.45, 2.75) is 6.10 Å². The van der Waals surface area contributed by atoms with Crippen LogP contribution >= 0.6 is 23.2 Å². The molecule has 0 saturated heterocycles. The second-order valence-corrected chi connectivity index (χ2v) is 4.59. The van der Waals surface area contributed by atoms with Crippen molar-refractivity contribution >= 4 is 23.2 Å². The fourth-order valence-electron chi connectivity index (χ4n) is 1.60. The van der Waals surface area contributed by atoms with E-state index in [4.69, 9.17) is 23.2 Å². The van der Waals surface area contributed by atoms with E-state index in [-0.39, 0.29) is 10.6 Å². The zero-order valence-corrected chi connectivity index (χ0v) is 10.5. The summed E-state index contributed by atoms with van der Waals surface area (Å²) in [4.78, 5) is 0. The van der Waals surface area contributed by atoms with Crippen LogP contribution in [0.1, 0.15) is 17.2 Å². The van der Waals surface area contributed by atoms with E-state index in [0.717, 1.165) is 12.1 Å². The summed E-state index contributed by atoms with van der Waals surface area (Å²) >= 11 is 11.2. The fourth-order valence-corrected chi connectivity index (χ4v) is 1.95. The van der Waals surface area contributed by atoms with Crippen LogP contribution in [0.5, 0.6) is 0 Å². The Hall–Kier alpha value is -1.16. The highest BCUT2D eigenvalue weighted by Crippen LogP contribution is 2.29. The van der Waals surface area contributed by atoms with Crippen LogP contribution in [-0.2, 0) is 0 Å². The lowest BCUT2D eigenvalue weighted by molar-refractivity contribution is 0.214. The first-order valence-electron chi connectivity index (χ1n) is 5.07. The summed E-state index contributed by atoms with van der Waals surface area (Å²) in [6.45, 7) is 0. The first-order valence-corrected chi connectivity index (χ1v) is 5.82. The van der Waals surface area contributed by atoms with E-state index in [1.165, 1.54) is 6.07 Å². The van der Waals surface area contributed by atoms with Gasteiger partial charge in [-0.05, 0) is 29.8 Å². The molecule has 0 bridgehead atoms. The number of aliphatic hydroxyl groups is 1. The standard InChI is InChI=1S/C13H8Cl2F2O/c14-8-3-1-2-7(4-8)13(18)9-5-12(17)10(15)6-11(9)16/h1-6,13,18H. The summed E-state index contributed by atoms with van der Waals surface area (Å²) in [6.07, 6.45) is -1.30. The molecular weight excluding hydrogens is 281 g/mol. The normalized spacial score (nSPS) is 12.5. The van der Waals surface area contributed by atoms with Gasteiger partial charge in [0.05, 0.1) is 5.02 Å². The van der Waals surface area contributed by atoms with Gasteiger partial charge in [0.15, 0.2) is 0 Å². The number of hydrogen-bond acceptors (Lipinski definition) is 1. The predicted octanol–water partition coefficient (Wildman–Crippen LogP) is 4.35. The summed E-state index contributed by atoms with van der Waals surface area (Å²) in [5.74, 6) is -1.55. The van der Waals surface area contributed by atoms with E-state index < -0.39 is 17.7 Å². The quantitative estimate of drug-likeness (QED) is 0.815. The average molecular weight is 289 g/mol. The van der Waals surface area contributed by atoms with E-state index in [1.54, 1.807) is 18.2 Å². The molecule has 1 atom stereocenters. The molecule has 18 heavy (non-hydrogen) atoms. The highest BCUT2D eigenvalue weighted by molar-refractivity contribution is 6.31. The van der Waals surface area contributed by atoms with Gasteiger partial charge < -0.3 is 5.11 Å². The second-order valence-electron chi connectivity index (χ2n) is 3.75. The van der Waals surface area contributed by atoms with Gasteiger partial charge in [-0.3, -0.25) is 0 Å². The van der Waals surface area contributed by atoms with E-state index in [9.17, 15) is 13.9 Å². The van der Waals surface area contributed by atoms with Crippen LogP contribution < -0.4 is 0 Å². The number of rotatable bonds is 2. The Morgan fingerprint density at radius 2 is 1.72 bits per heavy atom. The molecule has 0 heterocycles. The van der Waals surface area contributed by atoms with Gasteiger partial charge in [0, 0.05) is 10.6 Å². The summed E-state index contributed by atoms with van der Waals surface area (Å²) in [5, 5.41) is 10.1. The maximum atomic E-state index is 13.6. The average Bonchev–Trinajstić information content (AvgIpc) is 2.33. The van der Waals surface area contributed by atoms with Crippen LogP contribution in [0, 0.1) is 11.6 Å². The molecule has 0 fully saturated rings. The van der Waals surface area contributed by atoms with Crippen molar-refractivity contribution < 1.29 is 13.9 Å². The molecular formula is C13H8Cl2F2O. The molecule has 0 radical (unpaired) electrons. The van der Waals surface area contributed by atoms with Gasteiger partial charge in [0.1, 0.15) is 17.7 Å². The number of hydrogen-bond donors (Lipinski definition) is 1. The summed E-state index contributed by atoms with van der Waals surface area (Å²) < 4.78 is 26.9. The summed E-state index contributed by atoms with van der Waals surface area (Å²) in [5.41, 5.74) is 0.197. The van der Waals surface area contributed by atoms with Crippen molar-refractivity contribution in [2.24, 2.45) is 0 Å². The van der Waals surface area contributed by atoms with Crippen molar-refractivity contribution in [3.05, 3.63) is 69.2 Å². The van der Waals surface area contributed by atoms with Gasteiger partial charge in [-0.25, -0.2) is 8.78 Å². The minimum absolute atomic E-state index is 0.181. The largest absolute Gasteiger partial charge is 0.384 e. The SMILES string of the molecule is OC(c1cccc(Cl)c1)c1cc(F)c(Cl)cc1F. The van der Waals surface area contributed by atoms with Gasteiger partial charge in [0.2, 0.25) is 0 Å². The lowest BCUT2D eigenvalue weighted by atomic mass is 10.0. The third-order valence-electron chi connectivity index (χ3n) is 2.50.